The fraction of sp³-hybridized carbons (Fsp3) is 0.231. The number of aryl methyl sites for hydroxylation is 1. The number of nitrogens with zero attached hydrogens (tertiary/aromatic N) is 3. The van der Waals surface area contributed by atoms with Crippen molar-refractivity contribution in [2.24, 2.45) is 7.05 Å². The Morgan fingerprint density at radius 3 is 3.00 bits per heavy atom. The number of anilines is 3. The topological polar surface area (TPSA) is 50.2 Å². The Bertz CT molecular complexity index is 637. The fourth-order valence-corrected chi connectivity index (χ4v) is 2.42. The van der Waals surface area contributed by atoms with E-state index in [9.17, 15) is 4.79 Å². The molecule has 0 unspecified atom stereocenters. The van der Waals surface area contributed by atoms with Crippen molar-refractivity contribution >= 4 is 34.6 Å². The van der Waals surface area contributed by atoms with Crippen LogP contribution in [0.2, 0.25) is 0 Å². The predicted molar refractivity (Wildman–Crippen MR) is 74.8 cm³/mol. The highest BCUT2D eigenvalue weighted by Crippen LogP contribution is 2.37. The molecule has 0 saturated carbocycles. The standard InChI is InChI=1S/C13H13ClN4O/c1-17-11-7-15-9-4-2-3-5-10(9)18(13(19)6-14)12(11)8-16-17/h2-5,8,15H,6-7H2,1H3. The molecule has 1 aliphatic rings. The minimum atomic E-state index is -0.160. The molecular formula is C13H13ClN4O. The first kappa shape index (κ1) is 12.0. The molecule has 19 heavy (non-hydrogen) atoms. The van der Waals surface area contributed by atoms with Gasteiger partial charge in [-0.2, -0.15) is 5.10 Å². The quantitative estimate of drug-likeness (QED) is 0.813. The van der Waals surface area contributed by atoms with Gasteiger partial charge < -0.3 is 5.32 Å². The van der Waals surface area contributed by atoms with Gasteiger partial charge in [0.25, 0.3) is 0 Å². The Labute approximate surface area is 115 Å². The Morgan fingerprint density at radius 1 is 1.42 bits per heavy atom. The van der Waals surface area contributed by atoms with Crippen LogP contribution in [0.4, 0.5) is 17.1 Å². The van der Waals surface area contributed by atoms with Gasteiger partial charge in [-0.3, -0.25) is 14.4 Å². The van der Waals surface area contributed by atoms with Crippen LogP contribution in [0.1, 0.15) is 5.69 Å². The average molecular weight is 277 g/mol. The van der Waals surface area contributed by atoms with Crippen LogP contribution in [0, 0.1) is 0 Å². The number of amides is 1. The smallest absolute Gasteiger partial charge is 0.246 e. The Hall–Kier alpha value is -2.01. The maximum absolute atomic E-state index is 12.2. The minimum absolute atomic E-state index is 0.0668. The summed E-state index contributed by atoms with van der Waals surface area (Å²) in [6.45, 7) is 0.620. The molecule has 0 saturated heterocycles. The summed E-state index contributed by atoms with van der Waals surface area (Å²) in [7, 11) is 1.86. The van der Waals surface area contributed by atoms with Crippen LogP contribution >= 0.6 is 11.6 Å². The van der Waals surface area contributed by atoms with E-state index in [1.165, 1.54) is 0 Å². The first-order chi connectivity index (χ1) is 9.22. The van der Waals surface area contributed by atoms with E-state index in [-0.39, 0.29) is 11.8 Å². The van der Waals surface area contributed by atoms with Gasteiger partial charge in [-0.05, 0) is 12.1 Å². The summed E-state index contributed by atoms with van der Waals surface area (Å²) in [5, 5.41) is 7.54. The zero-order chi connectivity index (χ0) is 13.4. The molecule has 1 aromatic heterocycles. The number of carbonyl (C=O) groups is 1. The number of alkyl halides is 1. The number of carbonyl (C=O) groups excluding carboxylic acids is 1. The second kappa shape index (κ2) is 4.59. The Kier molecular flexibility index (Phi) is 2.91. The number of nitrogens with one attached hydrogen (secondary N) is 1. The SMILES string of the molecule is Cn1ncc2c1CNc1ccccc1N2C(=O)CCl. The summed E-state index contributed by atoms with van der Waals surface area (Å²) < 4.78 is 1.77. The summed E-state index contributed by atoms with van der Waals surface area (Å²) in [5.74, 6) is -0.227. The van der Waals surface area contributed by atoms with Crippen molar-refractivity contribution in [3.63, 3.8) is 0 Å². The predicted octanol–water partition coefficient (Wildman–Crippen LogP) is 2.25. The number of hydrogen-bond donors (Lipinski definition) is 1. The maximum atomic E-state index is 12.2. The van der Waals surface area contributed by atoms with Crippen LogP contribution in [-0.4, -0.2) is 21.6 Å². The van der Waals surface area contributed by atoms with Gasteiger partial charge >= 0.3 is 0 Å². The van der Waals surface area contributed by atoms with Crippen molar-refractivity contribution in [2.75, 3.05) is 16.1 Å². The van der Waals surface area contributed by atoms with Crippen LogP contribution in [0.15, 0.2) is 30.5 Å². The van der Waals surface area contributed by atoms with Gasteiger partial charge in [-0.25, -0.2) is 0 Å². The molecule has 6 heteroatoms. The molecule has 2 aromatic rings. The van der Waals surface area contributed by atoms with E-state index in [1.54, 1.807) is 15.8 Å². The third kappa shape index (κ3) is 1.86. The summed E-state index contributed by atoms with van der Waals surface area (Å²) in [4.78, 5) is 13.8. The van der Waals surface area contributed by atoms with Crippen LogP contribution < -0.4 is 10.2 Å². The largest absolute Gasteiger partial charge is 0.378 e. The van der Waals surface area contributed by atoms with Crippen LogP contribution in [-0.2, 0) is 18.4 Å². The Morgan fingerprint density at radius 2 is 2.21 bits per heavy atom. The third-order valence-electron chi connectivity index (χ3n) is 3.24. The van der Waals surface area contributed by atoms with E-state index in [1.807, 2.05) is 31.3 Å². The van der Waals surface area contributed by atoms with Crippen LogP contribution in [0.5, 0.6) is 0 Å². The zero-order valence-electron chi connectivity index (χ0n) is 10.4. The Balaban J connectivity index is 2.22. The lowest BCUT2D eigenvalue weighted by atomic mass is 10.2. The highest BCUT2D eigenvalue weighted by Gasteiger charge is 2.27. The normalized spacial score (nSPS) is 13.3. The molecule has 0 bridgehead atoms. The lowest BCUT2D eigenvalue weighted by molar-refractivity contribution is -0.115. The van der Waals surface area contributed by atoms with Gasteiger partial charge in [0.2, 0.25) is 5.91 Å². The molecule has 0 fully saturated rings. The molecule has 2 heterocycles. The molecule has 98 valence electrons. The molecule has 0 atom stereocenters. The van der Waals surface area contributed by atoms with Crippen LogP contribution in [0.25, 0.3) is 0 Å². The second-order valence-corrected chi connectivity index (χ2v) is 4.60. The van der Waals surface area contributed by atoms with Crippen molar-refractivity contribution < 1.29 is 4.79 Å². The number of rotatable bonds is 1. The number of benzene rings is 1. The van der Waals surface area contributed by atoms with E-state index in [2.05, 4.69) is 10.4 Å². The van der Waals surface area contributed by atoms with Gasteiger partial charge in [0, 0.05) is 7.05 Å². The van der Waals surface area contributed by atoms with E-state index in [0.717, 1.165) is 22.8 Å². The fourth-order valence-electron chi connectivity index (χ4n) is 2.30. The summed E-state index contributed by atoms with van der Waals surface area (Å²) in [6.07, 6.45) is 1.70. The molecule has 3 rings (SSSR count). The van der Waals surface area contributed by atoms with E-state index in [4.69, 9.17) is 11.6 Å². The monoisotopic (exact) mass is 276 g/mol. The number of hydrogen-bond acceptors (Lipinski definition) is 3. The summed E-state index contributed by atoms with van der Waals surface area (Å²) in [5.41, 5.74) is 3.46. The molecule has 5 nitrogen and oxygen atoms in total. The van der Waals surface area contributed by atoms with Gasteiger partial charge in [-0.15, -0.1) is 11.6 Å². The first-order valence-corrected chi connectivity index (χ1v) is 6.48. The van der Waals surface area contributed by atoms with Crippen molar-refractivity contribution in [2.45, 2.75) is 6.54 Å². The second-order valence-electron chi connectivity index (χ2n) is 4.33. The van der Waals surface area contributed by atoms with Crippen molar-refractivity contribution in [1.29, 1.82) is 0 Å². The van der Waals surface area contributed by atoms with Crippen molar-refractivity contribution in [3.8, 4) is 0 Å². The number of halogens is 1. The number of fused-ring (bicyclic) bond motifs is 2. The summed E-state index contributed by atoms with van der Waals surface area (Å²) in [6, 6.07) is 7.68. The van der Waals surface area contributed by atoms with Crippen molar-refractivity contribution in [1.82, 2.24) is 9.78 Å². The molecule has 0 spiro atoms. The highest BCUT2D eigenvalue weighted by atomic mass is 35.5. The van der Waals surface area contributed by atoms with E-state index < -0.39 is 0 Å². The van der Waals surface area contributed by atoms with Gasteiger partial charge in [0.15, 0.2) is 0 Å². The van der Waals surface area contributed by atoms with Gasteiger partial charge in [0.05, 0.1) is 35.5 Å². The average Bonchev–Trinajstić information content (AvgIpc) is 2.70. The first-order valence-electron chi connectivity index (χ1n) is 5.95. The molecule has 1 aliphatic heterocycles. The maximum Gasteiger partial charge on any atom is 0.246 e. The van der Waals surface area contributed by atoms with Gasteiger partial charge in [-0.1, -0.05) is 12.1 Å². The zero-order valence-corrected chi connectivity index (χ0v) is 11.2. The molecule has 0 radical (unpaired) electrons. The molecule has 1 aromatic carbocycles. The molecule has 1 N–H and O–H groups in total. The lowest BCUT2D eigenvalue weighted by Crippen LogP contribution is -2.27. The molecular weight excluding hydrogens is 264 g/mol. The molecule has 0 aliphatic carbocycles. The van der Waals surface area contributed by atoms with E-state index in [0.29, 0.717) is 6.54 Å². The number of para-hydroxylation sites is 2. The minimum Gasteiger partial charge on any atom is -0.378 e. The lowest BCUT2D eigenvalue weighted by Gasteiger charge is -2.21. The number of aromatic nitrogens is 2. The molecule has 1 amide bonds. The van der Waals surface area contributed by atoms with Gasteiger partial charge in [0.1, 0.15) is 5.88 Å². The highest BCUT2D eigenvalue weighted by molar-refractivity contribution is 6.30. The summed E-state index contributed by atoms with van der Waals surface area (Å²) >= 11 is 5.74. The third-order valence-corrected chi connectivity index (χ3v) is 3.46. The van der Waals surface area contributed by atoms with Crippen LogP contribution in [0.3, 0.4) is 0 Å². The van der Waals surface area contributed by atoms with E-state index >= 15 is 0 Å². The van der Waals surface area contributed by atoms with Crippen molar-refractivity contribution in [3.05, 3.63) is 36.2 Å².